The van der Waals surface area contributed by atoms with Crippen LogP contribution >= 0.6 is 0 Å². The standard InChI is InChI=1S/C12H9F3N2O3/c1-19-11(18)7-4-6(10-17-2-3-20-10)8(5-9(7)16)12(13,14)15/h2-5H,16H2,1H3. The average molecular weight is 286 g/mol. The van der Waals surface area contributed by atoms with Crippen LogP contribution in [0.4, 0.5) is 18.9 Å². The monoisotopic (exact) mass is 286 g/mol. The van der Waals surface area contributed by atoms with Crippen LogP contribution in [0.2, 0.25) is 0 Å². The van der Waals surface area contributed by atoms with Crippen molar-refractivity contribution < 1.29 is 27.1 Å². The van der Waals surface area contributed by atoms with E-state index in [1.807, 2.05) is 0 Å². The number of carbonyl (C=O) groups excluding carboxylic acids is 1. The van der Waals surface area contributed by atoms with Crippen LogP contribution in [0.25, 0.3) is 11.5 Å². The van der Waals surface area contributed by atoms with Crippen molar-refractivity contribution in [2.45, 2.75) is 6.18 Å². The van der Waals surface area contributed by atoms with Gasteiger partial charge in [-0.3, -0.25) is 0 Å². The lowest BCUT2D eigenvalue weighted by Gasteiger charge is -2.13. The van der Waals surface area contributed by atoms with Gasteiger partial charge in [0.25, 0.3) is 0 Å². The van der Waals surface area contributed by atoms with E-state index < -0.39 is 17.7 Å². The molecule has 0 aliphatic rings. The van der Waals surface area contributed by atoms with Gasteiger partial charge in [-0.2, -0.15) is 13.2 Å². The van der Waals surface area contributed by atoms with E-state index in [1.165, 1.54) is 6.20 Å². The third-order valence-electron chi connectivity index (χ3n) is 2.56. The fourth-order valence-electron chi connectivity index (χ4n) is 1.67. The van der Waals surface area contributed by atoms with Crippen LogP contribution < -0.4 is 5.73 Å². The van der Waals surface area contributed by atoms with Gasteiger partial charge < -0.3 is 14.9 Å². The number of esters is 1. The van der Waals surface area contributed by atoms with Gasteiger partial charge in [0, 0.05) is 5.69 Å². The molecule has 0 spiro atoms. The second-order valence-electron chi connectivity index (χ2n) is 3.81. The smallest absolute Gasteiger partial charge is 0.417 e. The minimum absolute atomic E-state index is 0.186. The van der Waals surface area contributed by atoms with Crippen LogP contribution in [0.1, 0.15) is 15.9 Å². The number of hydrogen-bond acceptors (Lipinski definition) is 5. The highest BCUT2D eigenvalue weighted by atomic mass is 19.4. The molecule has 8 heteroatoms. The third-order valence-corrected chi connectivity index (χ3v) is 2.56. The normalized spacial score (nSPS) is 11.4. The number of rotatable bonds is 2. The number of nitrogens with zero attached hydrogens (tertiary/aromatic N) is 1. The molecule has 0 aliphatic heterocycles. The summed E-state index contributed by atoms with van der Waals surface area (Å²) in [5.41, 5.74) is 3.53. The van der Waals surface area contributed by atoms with Crippen molar-refractivity contribution in [2.75, 3.05) is 12.8 Å². The van der Waals surface area contributed by atoms with Crippen molar-refractivity contribution in [3.63, 3.8) is 0 Å². The first-order chi connectivity index (χ1) is 9.34. The van der Waals surface area contributed by atoms with Crippen molar-refractivity contribution in [3.8, 4) is 11.5 Å². The lowest BCUT2D eigenvalue weighted by molar-refractivity contribution is -0.137. The van der Waals surface area contributed by atoms with Crippen molar-refractivity contribution in [1.29, 1.82) is 0 Å². The molecule has 0 fully saturated rings. The van der Waals surface area contributed by atoms with Gasteiger partial charge in [-0.25, -0.2) is 9.78 Å². The van der Waals surface area contributed by atoms with Gasteiger partial charge in [0.15, 0.2) is 0 Å². The number of halogens is 3. The summed E-state index contributed by atoms with van der Waals surface area (Å²) >= 11 is 0. The number of anilines is 1. The molecule has 0 bridgehead atoms. The second kappa shape index (κ2) is 4.87. The van der Waals surface area contributed by atoms with Gasteiger partial charge in [-0.05, 0) is 12.1 Å². The number of methoxy groups -OCH3 is 1. The summed E-state index contributed by atoms with van der Waals surface area (Å²) in [5.74, 6) is -1.11. The molecule has 0 saturated carbocycles. The molecule has 20 heavy (non-hydrogen) atoms. The van der Waals surface area contributed by atoms with Crippen LogP contribution in [0, 0.1) is 0 Å². The first kappa shape index (κ1) is 13.9. The number of oxazole rings is 1. The van der Waals surface area contributed by atoms with Gasteiger partial charge in [0.1, 0.15) is 6.26 Å². The number of carbonyl (C=O) groups is 1. The van der Waals surface area contributed by atoms with Crippen LogP contribution in [-0.4, -0.2) is 18.1 Å². The molecule has 1 aromatic heterocycles. The molecule has 0 unspecified atom stereocenters. The number of ether oxygens (including phenoxy) is 1. The molecule has 5 nitrogen and oxygen atoms in total. The van der Waals surface area contributed by atoms with E-state index in [0.29, 0.717) is 6.07 Å². The lowest BCUT2D eigenvalue weighted by Crippen LogP contribution is -2.12. The highest BCUT2D eigenvalue weighted by Crippen LogP contribution is 2.39. The molecule has 0 aliphatic carbocycles. The molecule has 1 aromatic carbocycles. The molecule has 0 saturated heterocycles. The van der Waals surface area contributed by atoms with Crippen LogP contribution in [0.5, 0.6) is 0 Å². The summed E-state index contributed by atoms with van der Waals surface area (Å²) in [5, 5.41) is 0. The van der Waals surface area contributed by atoms with E-state index in [1.54, 1.807) is 0 Å². The minimum atomic E-state index is -4.66. The summed E-state index contributed by atoms with van der Waals surface area (Å²) < 4.78 is 48.3. The number of benzene rings is 1. The van der Waals surface area contributed by atoms with E-state index in [0.717, 1.165) is 19.4 Å². The Balaban J connectivity index is 2.71. The topological polar surface area (TPSA) is 78.3 Å². The fraction of sp³-hybridized carbons (Fsp3) is 0.167. The molecule has 0 radical (unpaired) electrons. The SMILES string of the molecule is COC(=O)c1cc(-c2ncco2)c(C(F)(F)F)cc1N. The summed E-state index contributed by atoms with van der Waals surface area (Å²) in [6.45, 7) is 0. The van der Waals surface area contributed by atoms with Gasteiger partial charge in [0.2, 0.25) is 5.89 Å². The zero-order chi connectivity index (χ0) is 14.9. The Hall–Kier alpha value is -2.51. The summed E-state index contributed by atoms with van der Waals surface area (Å²) in [6.07, 6.45) is -2.33. The van der Waals surface area contributed by atoms with Crippen molar-refractivity contribution >= 4 is 11.7 Å². The number of nitrogens with two attached hydrogens (primary N) is 1. The van der Waals surface area contributed by atoms with Crippen molar-refractivity contribution in [1.82, 2.24) is 4.98 Å². The van der Waals surface area contributed by atoms with Crippen molar-refractivity contribution in [3.05, 3.63) is 35.7 Å². The number of aromatic nitrogens is 1. The van der Waals surface area contributed by atoms with E-state index in [4.69, 9.17) is 10.2 Å². The third kappa shape index (κ3) is 2.44. The highest BCUT2D eigenvalue weighted by Gasteiger charge is 2.36. The van der Waals surface area contributed by atoms with Gasteiger partial charge in [-0.15, -0.1) is 0 Å². The molecule has 2 N–H and O–H groups in total. The summed E-state index contributed by atoms with van der Waals surface area (Å²) in [7, 11) is 1.10. The largest absolute Gasteiger partial charge is 0.465 e. The summed E-state index contributed by atoms with van der Waals surface area (Å²) in [6, 6.07) is 1.61. The van der Waals surface area contributed by atoms with Gasteiger partial charge in [-0.1, -0.05) is 0 Å². The Kier molecular flexibility index (Phi) is 3.39. The minimum Gasteiger partial charge on any atom is -0.465 e. The predicted octanol–water partition coefficient (Wildman–Crippen LogP) is 2.73. The summed E-state index contributed by atoms with van der Waals surface area (Å²) in [4.78, 5) is 15.1. The predicted molar refractivity (Wildman–Crippen MR) is 62.7 cm³/mol. The molecule has 0 amide bonds. The first-order valence-electron chi connectivity index (χ1n) is 5.33. The fourth-order valence-corrected chi connectivity index (χ4v) is 1.67. The zero-order valence-corrected chi connectivity index (χ0v) is 10.2. The highest BCUT2D eigenvalue weighted by molar-refractivity contribution is 5.96. The molecule has 0 atom stereocenters. The molecule has 2 rings (SSSR count). The molecule has 106 valence electrons. The molecule has 1 heterocycles. The Bertz CT molecular complexity index is 636. The Morgan fingerprint density at radius 1 is 1.40 bits per heavy atom. The maximum Gasteiger partial charge on any atom is 0.417 e. The van der Waals surface area contributed by atoms with Crippen LogP contribution in [0.3, 0.4) is 0 Å². The zero-order valence-electron chi connectivity index (χ0n) is 10.2. The van der Waals surface area contributed by atoms with Crippen LogP contribution in [0.15, 0.2) is 29.0 Å². The van der Waals surface area contributed by atoms with E-state index >= 15 is 0 Å². The second-order valence-corrected chi connectivity index (χ2v) is 3.81. The van der Waals surface area contributed by atoms with Gasteiger partial charge in [0.05, 0.1) is 30.0 Å². The maximum absolute atomic E-state index is 13.0. The Labute approximate surface area is 111 Å². The molecular formula is C12H9F3N2O3. The maximum atomic E-state index is 13.0. The quantitative estimate of drug-likeness (QED) is 0.678. The Morgan fingerprint density at radius 3 is 2.60 bits per heavy atom. The van der Waals surface area contributed by atoms with E-state index in [-0.39, 0.29) is 22.7 Å². The Morgan fingerprint density at radius 2 is 2.10 bits per heavy atom. The average Bonchev–Trinajstić information content (AvgIpc) is 2.90. The lowest BCUT2D eigenvalue weighted by atomic mass is 10.0. The number of hydrogen-bond donors (Lipinski definition) is 1. The molecular weight excluding hydrogens is 277 g/mol. The number of nitrogen functional groups attached to an aromatic ring is 1. The van der Waals surface area contributed by atoms with Crippen LogP contribution in [-0.2, 0) is 10.9 Å². The van der Waals surface area contributed by atoms with Crippen molar-refractivity contribution in [2.24, 2.45) is 0 Å². The van der Waals surface area contributed by atoms with E-state index in [9.17, 15) is 18.0 Å². The van der Waals surface area contributed by atoms with Gasteiger partial charge >= 0.3 is 12.1 Å². The number of alkyl halides is 3. The van der Waals surface area contributed by atoms with E-state index in [2.05, 4.69) is 9.72 Å². The first-order valence-corrected chi connectivity index (χ1v) is 5.33. The molecule has 2 aromatic rings.